The minimum Gasteiger partial charge on any atom is -0.390 e. The zero-order chi connectivity index (χ0) is 57.2. The van der Waals surface area contributed by atoms with Crippen molar-refractivity contribution in [3.8, 4) is 22.7 Å². The number of aromatic nitrogens is 8. The first-order chi connectivity index (χ1) is 36.2. The van der Waals surface area contributed by atoms with Gasteiger partial charge in [0.1, 0.15) is 0 Å². The predicted molar refractivity (Wildman–Crippen MR) is 337 cm³/mol. The molecule has 2 aliphatic rings. The second kappa shape index (κ2) is 23.4. The highest BCUT2D eigenvalue weighted by Crippen LogP contribution is 2.51. The van der Waals surface area contributed by atoms with Crippen LogP contribution in [0.25, 0.3) is 22.7 Å². The summed E-state index contributed by atoms with van der Waals surface area (Å²) in [5, 5.41) is 42.2. The summed E-state index contributed by atoms with van der Waals surface area (Å²) in [7, 11) is 14.8. The Morgan fingerprint density at radius 3 is 0.963 bits per heavy atom. The van der Waals surface area contributed by atoms with E-state index in [1.807, 2.05) is 97.7 Å². The molecule has 4 aromatic carbocycles. The van der Waals surface area contributed by atoms with Crippen LogP contribution in [0.4, 0.5) is 0 Å². The lowest BCUT2D eigenvalue weighted by atomic mass is 9.60. The Kier molecular flexibility index (Phi) is 18.7. The first-order valence-electron chi connectivity index (χ1n) is 27.3. The van der Waals surface area contributed by atoms with Gasteiger partial charge in [-0.05, 0) is 125 Å². The first-order valence-corrected chi connectivity index (χ1v) is 32.5. The fourth-order valence-corrected chi connectivity index (χ4v) is 10.7. The Hall–Kier alpha value is -4.96. The maximum absolute atomic E-state index is 11.0. The lowest BCUT2D eigenvalue weighted by molar-refractivity contribution is 0.00642. The highest BCUT2D eigenvalue weighted by molar-refractivity contribution is 7.54. The number of nitrogens with zero attached hydrogens (tertiary/aromatic N) is 8. The topological polar surface area (TPSA) is 112 Å². The average molecular weight is 1160 g/mol. The Balaban J connectivity index is 0.000000236. The highest BCUT2D eigenvalue weighted by Gasteiger charge is 2.49. The molecule has 0 aliphatic carbocycles. The molecule has 0 atom stereocenters. The molecule has 2 N–H and O–H groups in total. The Morgan fingerprint density at radius 1 is 0.400 bits per heavy atom. The summed E-state index contributed by atoms with van der Waals surface area (Å²) in [6.07, 6.45) is 3.15. The summed E-state index contributed by atoms with van der Waals surface area (Å²) in [5.41, 5.74) is 12.8. The van der Waals surface area contributed by atoms with Gasteiger partial charge in [-0.3, -0.25) is 0 Å². The van der Waals surface area contributed by atoms with Gasteiger partial charge in [0.2, 0.25) is 0 Å². The monoisotopic (exact) mass is 1160 g/mol. The van der Waals surface area contributed by atoms with Crippen LogP contribution in [-0.2, 0) is 58.2 Å². The molecule has 10 nitrogen and oxygen atoms in total. The van der Waals surface area contributed by atoms with Crippen LogP contribution >= 0.6 is 30.1 Å². The average Bonchev–Trinajstić information content (AvgIpc) is 4.22. The molecule has 0 saturated heterocycles. The molecular formula is C66H88AlCl3N8O2. The fraction of sp³-hybridized carbons (Fsp3) is 0.455. The van der Waals surface area contributed by atoms with E-state index in [1.165, 1.54) is 33.9 Å². The molecule has 0 unspecified atom stereocenters. The SMILES string of the molecule is C.C.CC(C)(O)C(C)(C)c1cc(CCc2cc(C(C)(C)C(C)(C)O)n(-c3ccccc3)n2)nn1-c1ccccc1.CC1(C)c2ccccc2-n2nc(CCc3cc4n(n3)-c3ccccc3C(C)(C)C4(C)C)cc2C1(C)C.[Cl][Al]([Cl])[Cl]. The van der Waals surface area contributed by atoms with Crippen molar-refractivity contribution in [3.05, 3.63) is 190 Å². The van der Waals surface area contributed by atoms with Gasteiger partial charge in [0, 0.05) is 32.5 Å². The van der Waals surface area contributed by atoms with Crippen molar-refractivity contribution < 1.29 is 10.2 Å². The molecule has 0 saturated carbocycles. The van der Waals surface area contributed by atoms with E-state index in [0.717, 1.165) is 58.4 Å². The van der Waals surface area contributed by atoms with Crippen LogP contribution < -0.4 is 0 Å². The standard InChI is InChI=1S/C32H42N4O2.C32H38N4.2CH4.Al.3ClH/c1-29(2,31(5,6)37)27-21-23(33-35(27)25-15-11-9-12-16-25)19-20-24-22-28(30(3,4)32(7,8)38)36(34-24)26-17-13-10-14-18-26;1-29(2)23-13-9-11-15-25(23)35-27(31(29,5)6)19-21(33-35)17-18-22-20-28-32(7,8)30(3,4)24-14-10-12-16-26(24)36(28)34-22;;;;;;/h9-18,21-22,37-38H,19-20H2,1-8H3;9-16,19-20H,17-18H2,1-8H3;2*1H4;;3*1H/q;;;;+3;;;/p-3. The lowest BCUT2D eigenvalue weighted by Gasteiger charge is -2.46. The van der Waals surface area contributed by atoms with Gasteiger partial charge in [0.25, 0.3) is 0 Å². The molecule has 14 heteroatoms. The Morgan fingerprint density at radius 2 is 0.662 bits per heavy atom. The summed E-state index contributed by atoms with van der Waals surface area (Å²) in [4.78, 5) is 0. The van der Waals surface area contributed by atoms with Crippen molar-refractivity contribution >= 4 is 41.5 Å². The summed E-state index contributed by atoms with van der Waals surface area (Å²) in [6.45, 7) is 34.4. The molecule has 80 heavy (non-hydrogen) atoms. The van der Waals surface area contributed by atoms with Gasteiger partial charge < -0.3 is 10.2 Å². The van der Waals surface area contributed by atoms with Crippen LogP contribution in [-0.4, -0.2) is 71.9 Å². The number of rotatable bonds is 12. The number of halogens is 3. The molecule has 4 aromatic heterocycles. The minimum atomic E-state index is -1.72. The second-order valence-corrected chi connectivity index (χ2v) is 32.0. The van der Waals surface area contributed by atoms with Crippen molar-refractivity contribution in [1.82, 2.24) is 39.1 Å². The number of hydrogen-bond acceptors (Lipinski definition) is 6. The molecule has 10 rings (SSSR count). The normalized spacial score (nSPS) is 15.5. The van der Waals surface area contributed by atoms with Gasteiger partial charge >= 0.3 is 11.4 Å². The second-order valence-electron chi connectivity index (χ2n) is 25.6. The summed E-state index contributed by atoms with van der Waals surface area (Å²) >= 11 is -1.72. The molecule has 0 amide bonds. The quantitative estimate of drug-likeness (QED) is 0.118. The largest absolute Gasteiger partial charge is 0.643 e. The maximum atomic E-state index is 11.0. The van der Waals surface area contributed by atoms with E-state index in [9.17, 15) is 10.2 Å². The summed E-state index contributed by atoms with van der Waals surface area (Å²) in [6, 6.07) is 46.5. The van der Waals surface area contributed by atoms with Gasteiger partial charge in [-0.1, -0.05) is 171 Å². The number of hydrogen-bond donors (Lipinski definition) is 2. The van der Waals surface area contributed by atoms with Crippen LogP contribution in [0.1, 0.15) is 182 Å². The molecule has 0 spiro atoms. The summed E-state index contributed by atoms with van der Waals surface area (Å²) < 4.78 is 8.30. The van der Waals surface area contributed by atoms with Crippen LogP contribution in [0.3, 0.4) is 0 Å². The number of aryl methyl sites for hydroxylation is 4. The number of para-hydroxylation sites is 4. The van der Waals surface area contributed by atoms with Crippen molar-refractivity contribution in [2.75, 3.05) is 0 Å². The summed E-state index contributed by atoms with van der Waals surface area (Å²) in [5.74, 6) is 0. The Bertz CT molecular complexity index is 3160. The van der Waals surface area contributed by atoms with Gasteiger partial charge in [0.05, 0.1) is 79.5 Å². The van der Waals surface area contributed by atoms with Crippen LogP contribution in [0.2, 0.25) is 0 Å². The maximum Gasteiger partial charge on any atom is 0.643 e. The van der Waals surface area contributed by atoms with E-state index in [-0.39, 0.29) is 36.5 Å². The number of fused-ring (bicyclic) bond motifs is 6. The van der Waals surface area contributed by atoms with Crippen molar-refractivity contribution in [3.63, 3.8) is 0 Å². The third kappa shape index (κ3) is 11.8. The molecule has 6 heterocycles. The lowest BCUT2D eigenvalue weighted by Crippen LogP contribution is -2.45. The van der Waals surface area contributed by atoms with E-state index >= 15 is 0 Å². The van der Waals surface area contributed by atoms with E-state index in [0.29, 0.717) is 12.8 Å². The third-order valence-corrected chi connectivity index (χ3v) is 18.7. The Labute approximate surface area is 495 Å². The smallest absolute Gasteiger partial charge is 0.390 e. The van der Waals surface area contributed by atoms with Gasteiger partial charge in [-0.15, -0.1) is 0 Å². The first kappa shape index (κ1) is 64.2. The van der Waals surface area contributed by atoms with Crippen molar-refractivity contribution in [1.29, 1.82) is 0 Å². The van der Waals surface area contributed by atoms with Crippen molar-refractivity contribution in [2.45, 2.75) is 195 Å². The van der Waals surface area contributed by atoms with E-state index in [2.05, 4.69) is 165 Å². The van der Waals surface area contributed by atoms with E-state index in [4.69, 9.17) is 50.5 Å². The van der Waals surface area contributed by atoms with Gasteiger partial charge in [0.15, 0.2) is 0 Å². The zero-order valence-corrected chi connectivity index (χ0v) is 52.1. The van der Waals surface area contributed by atoms with Crippen LogP contribution in [0, 0.1) is 0 Å². The third-order valence-electron chi connectivity index (χ3n) is 18.7. The number of benzene rings is 4. The molecule has 2 aliphatic heterocycles. The molecule has 428 valence electrons. The van der Waals surface area contributed by atoms with Crippen molar-refractivity contribution in [2.24, 2.45) is 0 Å². The highest BCUT2D eigenvalue weighted by atomic mass is 35.8. The van der Waals surface area contributed by atoms with Crippen LogP contribution in [0.15, 0.2) is 133 Å². The van der Waals surface area contributed by atoms with Gasteiger partial charge in [-0.2, -0.15) is 20.4 Å². The molecule has 0 bridgehead atoms. The molecule has 0 radical (unpaired) electrons. The van der Waals surface area contributed by atoms with Crippen LogP contribution in [0.5, 0.6) is 0 Å². The molecule has 0 fully saturated rings. The zero-order valence-electron chi connectivity index (χ0n) is 48.7. The molecule has 8 aromatic rings. The number of aliphatic hydroxyl groups is 2. The minimum absolute atomic E-state index is 0. The predicted octanol–water partition coefficient (Wildman–Crippen LogP) is 15.9. The van der Waals surface area contributed by atoms with Gasteiger partial charge in [-0.25, -0.2) is 48.9 Å². The molecular weight excluding hydrogens is 1070 g/mol. The van der Waals surface area contributed by atoms with E-state index < -0.39 is 33.4 Å². The fourth-order valence-electron chi connectivity index (χ4n) is 10.7. The van der Waals surface area contributed by atoms with E-state index in [1.54, 1.807) is 0 Å².